The van der Waals surface area contributed by atoms with Crippen LogP contribution in [0.1, 0.15) is 69.7 Å². The van der Waals surface area contributed by atoms with Gasteiger partial charge in [0.15, 0.2) is 0 Å². The second-order valence-electron chi connectivity index (χ2n) is 8.09. The zero-order valence-corrected chi connectivity index (χ0v) is 16.1. The van der Waals surface area contributed by atoms with Gasteiger partial charge in [-0.3, -0.25) is 9.69 Å². The van der Waals surface area contributed by atoms with E-state index in [1.54, 1.807) is 6.20 Å². The second kappa shape index (κ2) is 9.51. The molecule has 3 rings (SSSR count). The van der Waals surface area contributed by atoms with Gasteiger partial charge in [0.1, 0.15) is 11.9 Å². The minimum atomic E-state index is -0.563. The highest BCUT2D eigenvalue weighted by molar-refractivity contribution is 5.78. The number of hydrogen-bond acceptors (Lipinski definition) is 4. The number of piperidine rings is 1. The highest BCUT2D eigenvalue weighted by Gasteiger charge is 2.30. The topological polar surface area (TPSA) is 70.4 Å². The fourth-order valence-electron chi connectivity index (χ4n) is 4.44. The lowest BCUT2D eigenvalue weighted by Crippen LogP contribution is -2.46. The fourth-order valence-corrected chi connectivity index (χ4v) is 4.44. The van der Waals surface area contributed by atoms with Crippen LogP contribution in [-0.2, 0) is 11.8 Å². The van der Waals surface area contributed by atoms with E-state index in [0.29, 0.717) is 12.6 Å². The zero-order chi connectivity index (χ0) is 18.4. The molecule has 2 fully saturated rings. The quantitative estimate of drug-likeness (QED) is 0.844. The van der Waals surface area contributed by atoms with Gasteiger partial charge in [-0.15, -0.1) is 0 Å². The Balaban J connectivity index is 1.48. The molecule has 1 saturated carbocycles. The molecule has 0 unspecified atom stereocenters. The smallest absolute Gasteiger partial charge is 0.234 e. The van der Waals surface area contributed by atoms with E-state index in [-0.39, 0.29) is 11.8 Å². The van der Waals surface area contributed by atoms with Gasteiger partial charge in [-0.25, -0.2) is 4.98 Å². The van der Waals surface area contributed by atoms with Crippen LogP contribution < -0.4 is 5.32 Å². The third kappa shape index (κ3) is 5.30. The first-order valence-corrected chi connectivity index (χ1v) is 10.3. The summed E-state index contributed by atoms with van der Waals surface area (Å²) in [6, 6.07) is 0.349. The summed E-state index contributed by atoms with van der Waals surface area (Å²) in [4.78, 5) is 19.0. The van der Waals surface area contributed by atoms with Crippen molar-refractivity contribution in [3.8, 4) is 0 Å². The van der Waals surface area contributed by atoms with E-state index in [1.165, 1.54) is 32.1 Å². The maximum atomic E-state index is 12.5. The Morgan fingerprint density at radius 2 is 1.96 bits per heavy atom. The third-order valence-electron chi connectivity index (χ3n) is 5.95. The monoisotopic (exact) mass is 362 g/mol. The predicted molar refractivity (Wildman–Crippen MR) is 102 cm³/mol. The molecule has 1 aliphatic carbocycles. The summed E-state index contributed by atoms with van der Waals surface area (Å²) in [6.45, 7) is 2.13. The minimum absolute atomic E-state index is 0.138. The van der Waals surface area contributed by atoms with Crippen LogP contribution in [0.3, 0.4) is 0 Å². The molecule has 0 spiro atoms. The Morgan fingerprint density at radius 3 is 2.65 bits per heavy atom. The largest absolute Gasteiger partial charge is 0.385 e. The van der Waals surface area contributed by atoms with E-state index < -0.39 is 6.10 Å². The van der Waals surface area contributed by atoms with Gasteiger partial charge in [0.25, 0.3) is 0 Å². The standard InChI is InChI=1S/C20H34N4O2/c1-23-13-11-21-20(23)19(26)16-8-7-12-24(14-16)15-18(25)22-17-9-5-3-2-4-6-10-17/h11,13,16-17,19,26H,2-10,12,14-15H2,1H3,(H,22,25)/t16-,19+/m0/s1. The van der Waals surface area contributed by atoms with Crippen molar-refractivity contribution in [1.82, 2.24) is 19.8 Å². The van der Waals surface area contributed by atoms with E-state index in [2.05, 4.69) is 15.2 Å². The molecule has 2 heterocycles. The first-order chi connectivity index (χ1) is 12.6. The molecule has 1 aromatic rings. The van der Waals surface area contributed by atoms with E-state index in [0.717, 1.165) is 44.6 Å². The molecular weight excluding hydrogens is 328 g/mol. The van der Waals surface area contributed by atoms with Crippen LogP contribution in [0.4, 0.5) is 0 Å². The van der Waals surface area contributed by atoms with Crippen molar-refractivity contribution in [2.45, 2.75) is 69.9 Å². The number of carbonyl (C=O) groups excluding carboxylic acids is 1. The van der Waals surface area contributed by atoms with Crippen molar-refractivity contribution in [2.24, 2.45) is 13.0 Å². The van der Waals surface area contributed by atoms with E-state index in [4.69, 9.17) is 0 Å². The summed E-state index contributed by atoms with van der Waals surface area (Å²) in [5.41, 5.74) is 0. The van der Waals surface area contributed by atoms with Crippen LogP contribution in [0.25, 0.3) is 0 Å². The van der Waals surface area contributed by atoms with Crippen molar-refractivity contribution in [3.63, 3.8) is 0 Å². The molecule has 1 aliphatic heterocycles. The number of aryl methyl sites for hydroxylation is 1. The van der Waals surface area contributed by atoms with Gasteiger partial charge >= 0.3 is 0 Å². The highest BCUT2D eigenvalue weighted by Crippen LogP contribution is 2.28. The third-order valence-corrected chi connectivity index (χ3v) is 5.95. The molecular formula is C20H34N4O2. The summed E-state index contributed by atoms with van der Waals surface area (Å²) < 4.78 is 1.88. The van der Waals surface area contributed by atoms with Gasteiger partial charge in [-0.05, 0) is 32.2 Å². The number of imidazole rings is 1. The summed E-state index contributed by atoms with van der Waals surface area (Å²) in [6.07, 6.45) is 13.6. The molecule has 2 atom stereocenters. The van der Waals surface area contributed by atoms with Crippen LogP contribution in [0.5, 0.6) is 0 Å². The molecule has 26 heavy (non-hydrogen) atoms. The Labute approximate surface area is 157 Å². The number of aliphatic hydroxyl groups is 1. The minimum Gasteiger partial charge on any atom is -0.385 e. The number of aliphatic hydroxyl groups excluding tert-OH is 1. The van der Waals surface area contributed by atoms with E-state index in [1.807, 2.05) is 17.8 Å². The summed E-state index contributed by atoms with van der Waals surface area (Å²) in [5.74, 6) is 0.998. The second-order valence-corrected chi connectivity index (χ2v) is 8.09. The fraction of sp³-hybridized carbons (Fsp3) is 0.800. The number of amides is 1. The van der Waals surface area contributed by atoms with Crippen LogP contribution in [0, 0.1) is 5.92 Å². The number of rotatable bonds is 5. The zero-order valence-electron chi connectivity index (χ0n) is 16.1. The van der Waals surface area contributed by atoms with Crippen LogP contribution in [0.15, 0.2) is 12.4 Å². The molecule has 1 aromatic heterocycles. The van der Waals surface area contributed by atoms with Crippen molar-refractivity contribution in [1.29, 1.82) is 0 Å². The molecule has 0 aromatic carbocycles. The van der Waals surface area contributed by atoms with Crippen molar-refractivity contribution < 1.29 is 9.90 Å². The molecule has 2 N–H and O–H groups in total. The maximum absolute atomic E-state index is 12.5. The van der Waals surface area contributed by atoms with E-state index >= 15 is 0 Å². The van der Waals surface area contributed by atoms with Gasteiger partial charge in [0.05, 0.1) is 6.54 Å². The van der Waals surface area contributed by atoms with Gasteiger partial charge in [-0.1, -0.05) is 32.1 Å². The van der Waals surface area contributed by atoms with Crippen LogP contribution >= 0.6 is 0 Å². The lowest BCUT2D eigenvalue weighted by atomic mass is 9.92. The molecule has 2 aliphatic rings. The Kier molecular flexibility index (Phi) is 7.08. The number of likely N-dealkylation sites (tertiary alicyclic amines) is 1. The number of aromatic nitrogens is 2. The lowest BCUT2D eigenvalue weighted by molar-refractivity contribution is -0.123. The van der Waals surface area contributed by atoms with Crippen molar-refractivity contribution >= 4 is 5.91 Å². The lowest BCUT2D eigenvalue weighted by Gasteiger charge is -2.34. The van der Waals surface area contributed by atoms with Crippen LogP contribution in [0.2, 0.25) is 0 Å². The van der Waals surface area contributed by atoms with Gasteiger partial charge in [-0.2, -0.15) is 0 Å². The highest BCUT2D eigenvalue weighted by atomic mass is 16.3. The molecule has 1 saturated heterocycles. The molecule has 0 bridgehead atoms. The van der Waals surface area contributed by atoms with Crippen molar-refractivity contribution in [2.75, 3.05) is 19.6 Å². The summed E-state index contributed by atoms with van der Waals surface area (Å²) in [5, 5.41) is 13.9. The molecule has 6 heteroatoms. The Hall–Kier alpha value is -1.40. The molecule has 6 nitrogen and oxygen atoms in total. The van der Waals surface area contributed by atoms with Crippen LogP contribution in [-0.4, -0.2) is 51.1 Å². The van der Waals surface area contributed by atoms with Gasteiger partial charge < -0.3 is 15.0 Å². The van der Waals surface area contributed by atoms with Gasteiger partial charge in [0, 0.05) is 37.9 Å². The average Bonchev–Trinajstić information content (AvgIpc) is 3.03. The Bertz CT molecular complexity index is 566. The average molecular weight is 363 g/mol. The summed E-state index contributed by atoms with van der Waals surface area (Å²) >= 11 is 0. The number of nitrogens with zero attached hydrogens (tertiary/aromatic N) is 3. The normalized spacial score (nSPS) is 24.6. The number of hydrogen-bond donors (Lipinski definition) is 2. The maximum Gasteiger partial charge on any atom is 0.234 e. The Morgan fingerprint density at radius 1 is 1.23 bits per heavy atom. The predicted octanol–water partition coefficient (Wildman–Crippen LogP) is 2.39. The van der Waals surface area contributed by atoms with Gasteiger partial charge in [0.2, 0.25) is 5.91 Å². The van der Waals surface area contributed by atoms with Crippen molar-refractivity contribution in [3.05, 3.63) is 18.2 Å². The molecule has 1 amide bonds. The molecule has 0 radical (unpaired) electrons. The first-order valence-electron chi connectivity index (χ1n) is 10.3. The number of nitrogens with one attached hydrogen (secondary N) is 1. The number of carbonyl (C=O) groups is 1. The van der Waals surface area contributed by atoms with E-state index in [9.17, 15) is 9.90 Å². The summed E-state index contributed by atoms with van der Waals surface area (Å²) in [7, 11) is 1.91. The molecule has 146 valence electrons. The SMILES string of the molecule is Cn1ccnc1[C@H](O)[C@H]1CCCN(CC(=O)NC2CCCCCCC2)C1. The first kappa shape index (κ1) is 19.4.